The molecule has 0 saturated heterocycles. The zero-order valence-corrected chi connectivity index (χ0v) is 12.5. The van der Waals surface area contributed by atoms with E-state index < -0.39 is 0 Å². The monoisotopic (exact) mass is 305 g/mol. The molecule has 1 amide bonds. The van der Waals surface area contributed by atoms with Crippen molar-refractivity contribution in [1.82, 2.24) is 5.32 Å². The molecule has 2 rings (SSSR count). The largest absolute Gasteiger partial charge is 0.349 e. The number of benzene rings is 1. The van der Waals surface area contributed by atoms with Gasteiger partial charge in [0.2, 0.25) is 0 Å². The molecule has 0 aliphatic heterocycles. The minimum Gasteiger partial charge on any atom is -0.349 e. The van der Waals surface area contributed by atoms with Gasteiger partial charge < -0.3 is 5.32 Å². The molecule has 21 heavy (non-hydrogen) atoms. The lowest BCUT2D eigenvalue weighted by molar-refractivity contribution is 0.0940. The van der Waals surface area contributed by atoms with Crippen molar-refractivity contribution in [2.24, 2.45) is 0 Å². The number of halogens is 2. The van der Waals surface area contributed by atoms with Crippen LogP contribution in [-0.4, -0.2) is 11.9 Å². The Bertz CT molecular complexity index is 602. The minimum absolute atomic E-state index is 0.0429. The van der Waals surface area contributed by atoms with Crippen molar-refractivity contribution >= 4 is 17.5 Å². The highest BCUT2D eigenvalue weighted by atomic mass is 35.5. The van der Waals surface area contributed by atoms with E-state index in [1.165, 1.54) is 6.08 Å². The molecule has 4 heteroatoms. The Kier molecular flexibility index (Phi) is 5.34. The van der Waals surface area contributed by atoms with E-state index in [2.05, 4.69) is 5.32 Å². The Morgan fingerprint density at radius 1 is 1.33 bits per heavy atom. The Morgan fingerprint density at radius 3 is 2.76 bits per heavy atom. The van der Waals surface area contributed by atoms with Gasteiger partial charge in [0, 0.05) is 23.0 Å². The van der Waals surface area contributed by atoms with Gasteiger partial charge in [-0.1, -0.05) is 29.8 Å². The van der Waals surface area contributed by atoms with Crippen LogP contribution in [0.15, 0.2) is 60.0 Å². The van der Waals surface area contributed by atoms with Crippen LogP contribution in [0.4, 0.5) is 4.39 Å². The molecule has 1 aromatic carbocycles. The van der Waals surface area contributed by atoms with E-state index in [-0.39, 0.29) is 17.8 Å². The molecule has 0 saturated carbocycles. The number of nitrogens with one attached hydrogen (secondary N) is 1. The highest BCUT2D eigenvalue weighted by molar-refractivity contribution is 6.30. The first-order chi connectivity index (χ1) is 10.0. The predicted molar refractivity (Wildman–Crippen MR) is 84.0 cm³/mol. The summed E-state index contributed by atoms with van der Waals surface area (Å²) in [6.45, 7) is 1.92. The van der Waals surface area contributed by atoms with Gasteiger partial charge in [0.15, 0.2) is 0 Å². The van der Waals surface area contributed by atoms with Gasteiger partial charge in [-0.2, -0.15) is 0 Å². The Labute approximate surface area is 129 Å². The van der Waals surface area contributed by atoms with Gasteiger partial charge in [-0.3, -0.25) is 4.79 Å². The third-order valence-corrected chi connectivity index (χ3v) is 3.40. The van der Waals surface area contributed by atoms with Crippen LogP contribution in [0, 0.1) is 0 Å². The lowest BCUT2D eigenvalue weighted by atomic mass is 10.1. The Hall–Kier alpha value is -1.87. The summed E-state index contributed by atoms with van der Waals surface area (Å²) in [4.78, 5) is 12.1. The van der Waals surface area contributed by atoms with Crippen LogP contribution in [-0.2, 0) is 0 Å². The molecule has 0 heterocycles. The Morgan fingerprint density at radius 2 is 2.05 bits per heavy atom. The fourth-order valence-corrected chi connectivity index (χ4v) is 2.22. The van der Waals surface area contributed by atoms with E-state index >= 15 is 0 Å². The molecule has 0 radical (unpaired) electrons. The van der Waals surface area contributed by atoms with E-state index in [0.29, 0.717) is 23.4 Å². The van der Waals surface area contributed by atoms with Crippen molar-refractivity contribution in [1.29, 1.82) is 0 Å². The van der Waals surface area contributed by atoms with Crippen molar-refractivity contribution in [2.75, 3.05) is 0 Å². The fraction of sp³-hybridized carbons (Fsp3) is 0.235. The summed E-state index contributed by atoms with van der Waals surface area (Å²) >= 11 is 5.80. The molecule has 1 atom stereocenters. The fourth-order valence-electron chi connectivity index (χ4n) is 2.09. The number of carbonyl (C=O) groups is 1. The molecule has 1 unspecified atom stereocenters. The van der Waals surface area contributed by atoms with Crippen molar-refractivity contribution in [3.8, 4) is 0 Å². The average Bonchev–Trinajstić information content (AvgIpc) is 2.64. The van der Waals surface area contributed by atoms with Gasteiger partial charge in [0.1, 0.15) is 5.83 Å². The molecule has 0 spiro atoms. The molecular weight excluding hydrogens is 289 g/mol. The first kappa shape index (κ1) is 15.5. The lowest BCUT2D eigenvalue weighted by Gasteiger charge is -2.14. The summed E-state index contributed by atoms with van der Waals surface area (Å²) < 4.78 is 13.1. The zero-order chi connectivity index (χ0) is 15.2. The van der Waals surface area contributed by atoms with Crippen LogP contribution in [0.1, 0.15) is 30.1 Å². The first-order valence-corrected chi connectivity index (χ1v) is 7.20. The van der Waals surface area contributed by atoms with E-state index in [1.807, 2.05) is 13.0 Å². The molecule has 0 fully saturated rings. The van der Waals surface area contributed by atoms with Crippen molar-refractivity contribution in [2.45, 2.75) is 25.8 Å². The third-order valence-electron chi connectivity index (χ3n) is 3.15. The summed E-state index contributed by atoms with van der Waals surface area (Å²) in [5.41, 5.74) is 1.56. The maximum absolute atomic E-state index is 13.1. The zero-order valence-electron chi connectivity index (χ0n) is 11.8. The molecule has 1 N–H and O–H groups in total. The van der Waals surface area contributed by atoms with E-state index in [4.69, 9.17) is 11.6 Å². The molecule has 1 aliphatic rings. The second-order valence-corrected chi connectivity index (χ2v) is 5.48. The van der Waals surface area contributed by atoms with Crippen LogP contribution in [0.5, 0.6) is 0 Å². The van der Waals surface area contributed by atoms with E-state index in [9.17, 15) is 9.18 Å². The topological polar surface area (TPSA) is 29.1 Å². The van der Waals surface area contributed by atoms with E-state index in [0.717, 1.165) is 5.57 Å². The second-order valence-electron chi connectivity index (χ2n) is 5.05. The molecule has 1 aromatic rings. The molecule has 0 bridgehead atoms. The summed E-state index contributed by atoms with van der Waals surface area (Å²) in [6.07, 6.45) is 7.89. The summed E-state index contributed by atoms with van der Waals surface area (Å²) in [6, 6.07) is 6.70. The van der Waals surface area contributed by atoms with Crippen molar-refractivity contribution < 1.29 is 9.18 Å². The number of allylic oxidation sites excluding steroid dienone is 5. The maximum atomic E-state index is 13.1. The second kappa shape index (κ2) is 7.23. The SMILES string of the molecule is CC(CC1=CC=C(F)CC=C1)NC(=O)c1ccc(Cl)cc1. The van der Waals surface area contributed by atoms with Gasteiger partial charge in [0.25, 0.3) is 5.91 Å². The number of hydrogen-bond acceptors (Lipinski definition) is 1. The third kappa shape index (κ3) is 4.87. The number of hydrogen-bond donors (Lipinski definition) is 1. The minimum atomic E-state index is -0.154. The van der Waals surface area contributed by atoms with Gasteiger partial charge in [-0.25, -0.2) is 4.39 Å². The highest BCUT2D eigenvalue weighted by Crippen LogP contribution is 2.16. The molecule has 2 nitrogen and oxygen atoms in total. The quantitative estimate of drug-likeness (QED) is 0.866. The van der Waals surface area contributed by atoms with Gasteiger partial charge in [0.05, 0.1) is 0 Å². The molecular formula is C17H17ClFNO. The van der Waals surface area contributed by atoms with Crippen LogP contribution in [0.3, 0.4) is 0 Å². The van der Waals surface area contributed by atoms with Crippen molar-refractivity contribution in [3.63, 3.8) is 0 Å². The van der Waals surface area contributed by atoms with Crippen molar-refractivity contribution in [3.05, 3.63) is 70.6 Å². The molecule has 110 valence electrons. The van der Waals surface area contributed by atoms with Crippen LogP contribution in [0.25, 0.3) is 0 Å². The first-order valence-electron chi connectivity index (χ1n) is 6.83. The number of amides is 1. The maximum Gasteiger partial charge on any atom is 0.251 e. The van der Waals surface area contributed by atoms with E-state index in [1.54, 1.807) is 36.4 Å². The number of carbonyl (C=O) groups excluding carboxylic acids is 1. The summed E-state index contributed by atoms with van der Waals surface area (Å²) in [7, 11) is 0. The highest BCUT2D eigenvalue weighted by Gasteiger charge is 2.11. The summed E-state index contributed by atoms with van der Waals surface area (Å²) in [5.74, 6) is -0.293. The van der Waals surface area contributed by atoms with Gasteiger partial charge >= 0.3 is 0 Å². The molecule has 0 aromatic heterocycles. The normalized spacial score (nSPS) is 15.8. The standard InChI is InChI=1S/C17H17ClFNO/c1-12(11-13-3-2-4-16(19)10-5-13)20-17(21)14-6-8-15(18)9-7-14/h2-3,5-10,12H,4,11H2,1H3,(H,20,21). The van der Waals surface area contributed by atoms with Crippen LogP contribution >= 0.6 is 11.6 Å². The smallest absolute Gasteiger partial charge is 0.251 e. The molecule has 1 aliphatic carbocycles. The number of rotatable bonds is 4. The van der Waals surface area contributed by atoms with Gasteiger partial charge in [-0.05, 0) is 49.3 Å². The van der Waals surface area contributed by atoms with Crippen LogP contribution < -0.4 is 5.32 Å². The van der Waals surface area contributed by atoms with Gasteiger partial charge in [-0.15, -0.1) is 0 Å². The lowest BCUT2D eigenvalue weighted by Crippen LogP contribution is -2.32. The average molecular weight is 306 g/mol. The predicted octanol–water partition coefficient (Wildman–Crippen LogP) is 4.59. The van der Waals surface area contributed by atoms with Crippen LogP contribution in [0.2, 0.25) is 5.02 Å². The summed E-state index contributed by atoms with van der Waals surface area (Å²) in [5, 5.41) is 3.52. The Balaban J connectivity index is 1.94.